The number of hydrogen-bond donors (Lipinski definition) is 0. The Morgan fingerprint density at radius 2 is 2.18 bits per heavy atom. The van der Waals surface area contributed by atoms with Crippen LogP contribution in [-0.2, 0) is 0 Å². The van der Waals surface area contributed by atoms with Crippen LogP contribution < -0.4 is 4.74 Å². The number of hydrogen-bond acceptors (Lipinski definition) is 3. The minimum absolute atomic E-state index is 0.686. The number of aldehydes is 1. The first-order chi connectivity index (χ1) is 8.28. The Kier molecular flexibility index (Phi) is 4.15. The van der Waals surface area contributed by atoms with Gasteiger partial charge < -0.3 is 4.74 Å². The van der Waals surface area contributed by atoms with Crippen LogP contribution >= 0.6 is 0 Å². The van der Waals surface area contributed by atoms with Crippen molar-refractivity contribution in [1.82, 2.24) is 4.90 Å². The molecular formula is C14H19NO2. The molecule has 1 heterocycles. The van der Waals surface area contributed by atoms with Crippen molar-refractivity contribution in [2.45, 2.75) is 13.3 Å². The first-order valence-corrected chi connectivity index (χ1v) is 6.18. The number of likely N-dealkylation sites (tertiary alicyclic amines) is 1. The van der Waals surface area contributed by atoms with Gasteiger partial charge in [0.1, 0.15) is 18.6 Å². The predicted molar refractivity (Wildman–Crippen MR) is 67.5 cm³/mol. The summed E-state index contributed by atoms with van der Waals surface area (Å²) in [5, 5.41) is 0. The zero-order chi connectivity index (χ0) is 12.1. The first kappa shape index (κ1) is 12.1. The van der Waals surface area contributed by atoms with E-state index in [0.29, 0.717) is 12.2 Å². The molecule has 0 bridgehead atoms. The minimum Gasteiger partial charge on any atom is -0.492 e. The van der Waals surface area contributed by atoms with E-state index >= 15 is 0 Å². The Balaban J connectivity index is 1.72. The molecule has 17 heavy (non-hydrogen) atoms. The van der Waals surface area contributed by atoms with Crippen molar-refractivity contribution in [1.29, 1.82) is 0 Å². The van der Waals surface area contributed by atoms with Crippen LogP contribution in [-0.4, -0.2) is 37.4 Å². The standard InChI is InChI=1S/C14H19NO2/c1-12-6-7-15(10-12)8-9-17-14-4-2-13(11-16)3-5-14/h2-5,11-12H,6-10H2,1H3/t12-/m1/s1. The molecule has 0 spiro atoms. The lowest BCUT2D eigenvalue weighted by atomic mass is 10.2. The van der Waals surface area contributed by atoms with E-state index in [1.165, 1.54) is 19.5 Å². The summed E-state index contributed by atoms with van der Waals surface area (Å²) in [6, 6.07) is 7.24. The third-order valence-corrected chi connectivity index (χ3v) is 3.20. The zero-order valence-corrected chi connectivity index (χ0v) is 10.3. The number of rotatable bonds is 5. The van der Waals surface area contributed by atoms with Gasteiger partial charge in [-0.25, -0.2) is 0 Å². The number of ether oxygens (including phenoxy) is 1. The van der Waals surface area contributed by atoms with Crippen LogP contribution in [0.4, 0.5) is 0 Å². The van der Waals surface area contributed by atoms with Crippen LogP contribution in [0.2, 0.25) is 0 Å². The Morgan fingerprint density at radius 3 is 2.76 bits per heavy atom. The smallest absolute Gasteiger partial charge is 0.150 e. The number of benzene rings is 1. The van der Waals surface area contributed by atoms with Crippen molar-refractivity contribution in [3.05, 3.63) is 29.8 Å². The van der Waals surface area contributed by atoms with Crippen LogP contribution in [0.1, 0.15) is 23.7 Å². The van der Waals surface area contributed by atoms with Crippen molar-refractivity contribution < 1.29 is 9.53 Å². The highest BCUT2D eigenvalue weighted by Crippen LogP contribution is 2.15. The molecule has 1 aliphatic rings. The molecule has 0 radical (unpaired) electrons. The Hall–Kier alpha value is -1.35. The summed E-state index contributed by atoms with van der Waals surface area (Å²) in [5.74, 6) is 1.66. The maximum Gasteiger partial charge on any atom is 0.150 e. The fourth-order valence-electron chi connectivity index (χ4n) is 2.16. The Morgan fingerprint density at radius 1 is 1.41 bits per heavy atom. The predicted octanol–water partition coefficient (Wildman–Crippen LogP) is 2.22. The van der Waals surface area contributed by atoms with Gasteiger partial charge in [-0.2, -0.15) is 0 Å². The summed E-state index contributed by atoms with van der Waals surface area (Å²) in [4.78, 5) is 12.9. The SMILES string of the molecule is C[C@@H]1CCN(CCOc2ccc(C=O)cc2)C1. The number of nitrogens with zero attached hydrogens (tertiary/aromatic N) is 1. The second-order valence-electron chi connectivity index (χ2n) is 4.73. The maximum absolute atomic E-state index is 10.5. The molecule has 0 N–H and O–H groups in total. The monoisotopic (exact) mass is 233 g/mol. The molecule has 0 aliphatic carbocycles. The van der Waals surface area contributed by atoms with Crippen LogP contribution in [0.3, 0.4) is 0 Å². The maximum atomic E-state index is 10.5. The molecule has 1 aromatic rings. The second-order valence-corrected chi connectivity index (χ2v) is 4.73. The summed E-state index contributed by atoms with van der Waals surface area (Å²) in [6.45, 7) is 6.37. The molecule has 0 aromatic heterocycles. The second kappa shape index (κ2) is 5.82. The van der Waals surface area contributed by atoms with Gasteiger partial charge in [0.2, 0.25) is 0 Å². The number of carbonyl (C=O) groups excluding carboxylic acids is 1. The molecule has 1 aliphatic heterocycles. The third kappa shape index (κ3) is 3.56. The van der Waals surface area contributed by atoms with Gasteiger partial charge in [-0.3, -0.25) is 9.69 Å². The summed E-state index contributed by atoms with van der Waals surface area (Å²) in [7, 11) is 0. The highest BCUT2D eigenvalue weighted by atomic mass is 16.5. The summed E-state index contributed by atoms with van der Waals surface area (Å²) in [5.41, 5.74) is 0.686. The summed E-state index contributed by atoms with van der Waals surface area (Å²) >= 11 is 0. The van der Waals surface area contributed by atoms with Crippen molar-refractivity contribution in [2.24, 2.45) is 5.92 Å². The van der Waals surface area contributed by atoms with E-state index in [9.17, 15) is 4.79 Å². The van der Waals surface area contributed by atoms with E-state index in [0.717, 1.165) is 24.5 Å². The van der Waals surface area contributed by atoms with Gasteiger partial charge in [-0.15, -0.1) is 0 Å². The van der Waals surface area contributed by atoms with Gasteiger partial charge in [0.15, 0.2) is 0 Å². The van der Waals surface area contributed by atoms with Gasteiger partial charge in [0.25, 0.3) is 0 Å². The molecular weight excluding hydrogens is 214 g/mol. The fraction of sp³-hybridized carbons (Fsp3) is 0.500. The van der Waals surface area contributed by atoms with E-state index < -0.39 is 0 Å². The van der Waals surface area contributed by atoms with Crippen molar-refractivity contribution in [3.63, 3.8) is 0 Å². The highest BCUT2D eigenvalue weighted by Gasteiger charge is 2.17. The van der Waals surface area contributed by atoms with Crippen LogP contribution in [0.25, 0.3) is 0 Å². The molecule has 2 rings (SSSR count). The Labute approximate surface area is 102 Å². The molecule has 3 heteroatoms. The van der Waals surface area contributed by atoms with Crippen LogP contribution in [0, 0.1) is 5.92 Å². The van der Waals surface area contributed by atoms with E-state index in [2.05, 4.69) is 11.8 Å². The molecule has 0 amide bonds. The molecule has 1 atom stereocenters. The fourth-order valence-corrected chi connectivity index (χ4v) is 2.16. The third-order valence-electron chi connectivity index (χ3n) is 3.20. The number of carbonyl (C=O) groups is 1. The van der Waals surface area contributed by atoms with Gasteiger partial charge in [0, 0.05) is 18.7 Å². The minimum atomic E-state index is 0.686. The largest absolute Gasteiger partial charge is 0.492 e. The van der Waals surface area contributed by atoms with E-state index in [4.69, 9.17) is 4.74 Å². The van der Waals surface area contributed by atoms with Gasteiger partial charge in [-0.1, -0.05) is 6.92 Å². The van der Waals surface area contributed by atoms with E-state index in [1.807, 2.05) is 12.1 Å². The highest BCUT2D eigenvalue weighted by molar-refractivity contribution is 5.74. The van der Waals surface area contributed by atoms with Gasteiger partial charge >= 0.3 is 0 Å². The lowest BCUT2D eigenvalue weighted by Gasteiger charge is -2.15. The van der Waals surface area contributed by atoms with E-state index in [1.54, 1.807) is 12.1 Å². The van der Waals surface area contributed by atoms with Gasteiger partial charge in [-0.05, 0) is 43.1 Å². The summed E-state index contributed by atoms with van der Waals surface area (Å²) < 4.78 is 5.65. The molecule has 1 fully saturated rings. The molecule has 3 nitrogen and oxygen atoms in total. The van der Waals surface area contributed by atoms with Crippen LogP contribution in [0.5, 0.6) is 5.75 Å². The van der Waals surface area contributed by atoms with Crippen molar-refractivity contribution in [2.75, 3.05) is 26.2 Å². The van der Waals surface area contributed by atoms with Crippen molar-refractivity contribution in [3.8, 4) is 5.75 Å². The topological polar surface area (TPSA) is 29.5 Å². The normalized spacial score (nSPS) is 20.4. The average molecular weight is 233 g/mol. The van der Waals surface area contributed by atoms with Crippen molar-refractivity contribution >= 4 is 6.29 Å². The average Bonchev–Trinajstić information content (AvgIpc) is 2.76. The Bertz CT molecular complexity index is 361. The molecule has 1 saturated heterocycles. The van der Waals surface area contributed by atoms with E-state index in [-0.39, 0.29) is 0 Å². The molecule has 92 valence electrons. The van der Waals surface area contributed by atoms with Gasteiger partial charge in [0.05, 0.1) is 0 Å². The molecule has 1 aromatic carbocycles. The summed E-state index contributed by atoms with van der Waals surface area (Å²) in [6.07, 6.45) is 2.14. The molecule has 0 saturated carbocycles. The zero-order valence-electron chi connectivity index (χ0n) is 10.3. The lowest BCUT2D eigenvalue weighted by Crippen LogP contribution is -2.25. The first-order valence-electron chi connectivity index (χ1n) is 6.18. The van der Waals surface area contributed by atoms with Crippen LogP contribution in [0.15, 0.2) is 24.3 Å². The lowest BCUT2D eigenvalue weighted by molar-refractivity contribution is 0.112. The quantitative estimate of drug-likeness (QED) is 0.730. The molecule has 0 unspecified atom stereocenters.